The van der Waals surface area contributed by atoms with E-state index in [0.717, 1.165) is 46.2 Å². The van der Waals surface area contributed by atoms with Crippen molar-refractivity contribution < 1.29 is 4.74 Å². The third-order valence-corrected chi connectivity index (χ3v) is 8.55. The minimum Gasteiger partial charge on any atom is -0.361 e. The standard InChI is InChI=1S/C28H35N7OSi2/c1-37(2,3)15-11-22-7-8-25(30-17-22)26(9-12-29)35-19-23(18-33-35)27-24-10-13-34(28(24)32-20-31-27)21-36-14-16-38(4,5)6/h7-8,10,13,17-20,26H,9,14,16,21H2,1-6H3. The molecule has 0 bridgehead atoms. The van der Waals surface area contributed by atoms with E-state index in [9.17, 15) is 5.26 Å². The first-order valence-electron chi connectivity index (χ1n) is 12.8. The molecule has 0 saturated heterocycles. The predicted molar refractivity (Wildman–Crippen MR) is 156 cm³/mol. The molecule has 1 atom stereocenters. The Balaban J connectivity index is 1.55. The molecule has 0 aliphatic rings. The van der Waals surface area contributed by atoms with Gasteiger partial charge in [-0.15, -0.1) is 5.54 Å². The third-order valence-electron chi connectivity index (χ3n) is 5.97. The van der Waals surface area contributed by atoms with Crippen molar-refractivity contribution in [2.75, 3.05) is 6.61 Å². The summed E-state index contributed by atoms with van der Waals surface area (Å²) in [6, 6.07) is 9.00. The zero-order valence-corrected chi connectivity index (χ0v) is 25.1. The van der Waals surface area contributed by atoms with Gasteiger partial charge in [0.25, 0.3) is 0 Å². The van der Waals surface area contributed by atoms with Crippen LogP contribution in [0.4, 0.5) is 0 Å². The molecule has 4 aromatic heterocycles. The summed E-state index contributed by atoms with van der Waals surface area (Å²) in [6.45, 7) is 14.9. The van der Waals surface area contributed by atoms with Crippen LogP contribution in [0.1, 0.15) is 23.7 Å². The predicted octanol–water partition coefficient (Wildman–Crippen LogP) is 5.73. The van der Waals surface area contributed by atoms with Crippen LogP contribution in [0.25, 0.3) is 22.3 Å². The Morgan fingerprint density at radius 3 is 2.53 bits per heavy atom. The summed E-state index contributed by atoms with van der Waals surface area (Å²) in [5.74, 6) is 3.23. The lowest BCUT2D eigenvalue weighted by atomic mass is 10.1. The average Bonchev–Trinajstić information content (AvgIpc) is 3.51. The topological polar surface area (TPSA) is 94.4 Å². The van der Waals surface area contributed by atoms with Crippen LogP contribution in [-0.2, 0) is 11.5 Å². The van der Waals surface area contributed by atoms with Gasteiger partial charge in [-0.3, -0.25) is 9.67 Å². The summed E-state index contributed by atoms with van der Waals surface area (Å²) in [4.78, 5) is 13.7. The van der Waals surface area contributed by atoms with Gasteiger partial charge in [-0.05, 0) is 24.2 Å². The Hall–Kier alpha value is -3.58. The lowest BCUT2D eigenvalue weighted by Crippen LogP contribution is -2.22. The fourth-order valence-electron chi connectivity index (χ4n) is 3.87. The lowest BCUT2D eigenvalue weighted by Gasteiger charge is -2.15. The lowest BCUT2D eigenvalue weighted by molar-refractivity contribution is 0.0899. The molecular weight excluding hydrogens is 507 g/mol. The van der Waals surface area contributed by atoms with E-state index in [2.05, 4.69) is 76.9 Å². The van der Waals surface area contributed by atoms with Crippen LogP contribution in [0.5, 0.6) is 0 Å². The molecule has 0 N–H and O–H groups in total. The number of pyridine rings is 1. The molecule has 0 saturated carbocycles. The van der Waals surface area contributed by atoms with E-state index in [1.54, 1.807) is 23.4 Å². The van der Waals surface area contributed by atoms with Gasteiger partial charge in [0.2, 0.25) is 0 Å². The maximum Gasteiger partial charge on any atom is 0.145 e. The monoisotopic (exact) mass is 541 g/mol. The van der Waals surface area contributed by atoms with E-state index < -0.39 is 16.1 Å². The second-order valence-electron chi connectivity index (χ2n) is 11.7. The first-order chi connectivity index (χ1) is 18.0. The van der Waals surface area contributed by atoms with E-state index >= 15 is 0 Å². The smallest absolute Gasteiger partial charge is 0.145 e. The maximum atomic E-state index is 9.52. The van der Waals surface area contributed by atoms with Crippen LogP contribution >= 0.6 is 0 Å². The Morgan fingerprint density at radius 2 is 1.84 bits per heavy atom. The van der Waals surface area contributed by atoms with Crippen molar-refractivity contribution in [3.63, 3.8) is 0 Å². The molecule has 4 rings (SSSR count). The molecule has 4 aromatic rings. The van der Waals surface area contributed by atoms with Crippen molar-refractivity contribution in [3.05, 3.63) is 60.6 Å². The Labute approximate surface area is 226 Å². The number of aromatic nitrogens is 6. The zero-order chi connectivity index (χ0) is 27.3. The molecule has 4 heterocycles. The molecule has 0 fully saturated rings. The van der Waals surface area contributed by atoms with Gasteiger partial charge in [0.15, 0.2) is 0 Å². The molecule has 1 unspecified atom stereocenters. The molecule has 10 heteroatoms. The van der Waals surface area contributed by atoms with Crippen molar-refractivity contribution in [2.45, 2.75) is 64.5 Å². The maximum absolute atomic E-state index is 9.52. The van der Waals surface area contributed by atoms with Crippen molar-refractivity contribution in [1.29, 1.82) is 5.26 Å². The van der Waals surface area contributed by atoms with E-state index in [1.807, 2.05) is 35.2 Å². The highest BCUT2D eigenvalue weighted by Gasteiger charge is 2.19. The number of rotatable bonds is 9. The Morgan fingerprint density at radius 1 is 1.03 bits per heavy atom. The van der Waals surface area contributed by atoms with Crippen LogP contribution in [0.15, 0.2) is 49.3 Å². The summed E-state index contributed by atoms with van der Waals surface area (Å²) in [7, 11) is -2.60. The number of ether oxygens (including phenoxy) is 1. The van der Waals surface area contributed by atoms with Gasteiger partial charge in [0, 0.05) is 49.8 Å². The zero-order valence-electron chi connectivity index (χ0n) is 23.1. The fraction of sp³-hybridized carbons (Fsp3) is 0.393. The summed E-state index contributed by atoms with van der Waals surface area (Å²) in [5.41, 5.74) is 7.48. The van der Waals surface area contributed by atoms with E-state index in [4.69, 9.17) is 4.74 Å². The van der Waals surface area contributed by atoms with Gasteiger partial charge in [-0.25, -0.2) is 9.97 Å². The fourth-order valence-corrected chi connectivity index (χ4v) is 5.14. The molecule has 0 amide bonds. The van der Waals surface area contributed by atoms with Gasteiger partial charge in [0.1, 0.15) is 32.8 Å². The number of nitrogens with zero attached hydrogens (tertiary/aromatic N) is 7. The molecule has 196 valence electrons. The largest absolute Gasteiger partial charge is 0.361 e. The first kappa shape index (κ1) is 27.5. The van der Waals surface area contributed by atoms with Gasteiger partial charge < -0.3 is 9.30 Å². The minimum atomic E-state index is -1.47. The molecular formula is C28H35N7OSi2. The highest BCUT2D eigenvalue weighted by Crippen LogP contribution is 2.28. The molecule has 0 aromatic carbocycles. The van der Waals surface area contributed by atoms with Crippen molar-refractivity contribution in [3.8, 4) is 28.8 Å². The van der Waals surface area contributed by atoms with Crippen molar-refractivity contribution >= 4 is 27.2 Å². The summed E-state index contributed by atoms with van der Waals surface area (Å²) in [5, 5.41) is 15.0. The average molecular weight is 542 g/mol. The summed E-state index contributed by atoms with van der Waals surface area (Å²) < 4.78 is 9.73. The van der Waals surface area contributed by atoms with Gasteiger partial charge in [-0.2, -0.15) is 10.4 Å². The third kappa shape index (κ3) is 7.04. The normalized spacial score (nSPS) is 12.7. The highest BCUT2D eigenvalue weighted by atomic mass is 28.3. The SMILES string of the molecule is C[Si](C)(C)C#Cc1ccc(C(CC#N)n2cc(-c3ncnc4c3ccn4COCC[Si](C)(C)C)cn2)nc1. The summed E-state index contributed by atoms with van der Waals surface area (Å²) in [6.07, 6.45) is 9.28. The Kier molecular flexibility index (Phi) is 8.27. The molecule has 0 radical (unpaired) electrons. The van der Waals surface area contributed by atoms with Gasteiger partial charge in [0.05, 0.1) is 30.1 Å². The Bertz CT molecular complexity index is 1490. The first-order valence-corrected chi connectivity index (χ1v) is 20.0. The van der Waals surface area contributed by atoms with Crippen molar-refractivity contribution in [1.82, 2.24) is 29.3 Å². The summed E-state index contributed by atoms with van der Waals surface area (Å²) >= 11 is 0. The van der Waals surface area contributed by atoms with Crippen LogP contribution in [-0.4, -0.2) is 52.1 Å². The highest BCUT2D eigenvalue weighted by molar-refractivity contribution is 6.83. The van der Waals surface area contributed by atoms with Crippen molar-refractivity contribution in [2.24, 2.45) is 0 Å². The molecule has 38 heavy (non-hydrogen) atoms. The van der Waals surface area contributed by atoms with Gasteiger partial charge in [-0.1, -0.05) is 45.2 Å². The second kappa shape index (κ2) is 11.4. The minimum absolute atomic E-state index is 0.248. The number of fused-ring (bicyclic) bond motifs is 1. The quantitative estimate of drug-likeness (QED) is 0.152. The molecule has 0 spiro atoms. The van der Waals surface area contributed by atoms with Crippen LogP contribution in [0.3, 0.4) is 0 Å². The van der Waals surface area contributed by atoms with E-state index in [1.165, 1.54) is 0 Å². The second-order valence-corrected chi connectivity index (χ2v) is 22.0. The molecule has 0 aliphatic heterocycles. The van der Waals surface area contributed by atoms with E-state index in [-0.39, 0.29) is 12.5 Å². The number of hydrogen-bond donors (Lipinski definition) is 0. The van der Waals surface area contributed by atoms with Crippen LogP contribution < -0.4 is 0 Å². The van der Waals surface area contributed by atoms with Crippen LogP contribution in [0, 0.1) is 22.8 Å². The van der Waals surface area contributed by atoms with E-state index in [0.29, 0.717) is 6.73 Å². The van der Waals surface area contributed by atoms with Gasteiger partial charge >= 0.3 is 0 Å². The molecule has 0 aliphatic carbocycles. The number of nitriles is 1. The molecule has 8 nitrogen and oxygen atoms in total. The van der Waals surface area contributed by atoms with Crippen LogP contribution in [0.2, 0.25) is 45.3 Å². The number of hydrogen-bond acceptors (Lipinski definition) is 6.